The van der Waals surface area contributed by atoms with Crippen molar-refractivity contribution < 1.29 is 0 Å². The smallest absolute Gasteiger partial charge is 0.146 e. The molecule has 0 aliphatic carbocycles. The molecule has 5 heteroatoms. The Hall–Kier alpha value is -1.25. The van der Waals surface area contributed by atoms with Crippen molar-refractivity contribution in [2.24, 2.45) is 0 Å². The molecule has 0 unspecified atom stereocenters. The third-order valence-corrected chi connectivity index (χ3v) is 4.48. The SMILES string of the molecule is CSCCN1CCN(c2nc(C(C)C)ccc2C#N)CC1. The van der Waals surface area contributed by atoms with Crippen molar-refractivity contribution in [2.45, 2.75) is 19.8 Å². The van der Waals surface area contributed by atoms with Gasteiger partial charge in [0.05, 0.1) is 5.56 Å². The normalized spacial score (nSPS) is 16.2. The maximum absolute atomic E-state index is 9.32. The average molecular weight is 304 g/mol. The van der Waals surface area contributed by atoms with Gasteiger partial charge in [0.15, 0.2) is 0 Å². The molecule has 0 radical (unpaired) electrons. The first-order valence-electron chi connectivity index (χ1n) is 7.53. The number of thioether (sulfide) groups is 1. The van der Waals surface area contributed by atoms with Crippen molar-refractivity contribution in [1.29, 1.82) is 5.26 Å². The quantitative estimate of drug-likeness (QED) is 0.836. The van der Waals surface area contributed by atoms with E-state index < -0.39 is 0 Å². The van der Waals surface area contributed by atoms with Crippen LogP contribution in [0.5, 0.6) is 0 Å². The second-order valence-corrected chi connectivity index (χ2v) is 6.68. The van der Waals surface area contributed by atoms with Crippen LogP contribution in [-0.2, 0) is 0 Å². The Balaban J connectivity index is 2.08. The average Bonchev–Trinajstić information content (AvgIpc) is 2.52. The molecule has 114 valence electrons. The minimum atomic E-state index is 0.388. The molecule has 1 aromatic rings. The summed E-state index contributed by atoms with van der Waals surface area (Å²) in [6.07, 6.45) is 2.15. The molecule has 0 spiro atoms. The number of pyridine rings is 1. The molecule has 21 heavy (non-hydrogen) atoms. The van der Waals surface area contributed by atoms with Gasteiger partial charge in [0, 0.05) is 44.2 Å². The summed E-state index contributed by atoms with van der Waals surface area (Å²) in [5.74, 6) is 2.44. The van der Waals surface area contributed by atoms with Crippen LogP contribution in [0.2, 0.25) is 0 Å². The van der Waals surface area contributed by atoms with E-state index in [1.54, 1.807) is 0 Å². The number of hydrogen-bond donors (Lipinski definition) is 0. The van der Waals surface area contributed by atoms with Gasteiger partial charge in [-0.1, -0.05) is 13.8 Å². The summed E-state index contributed by atoms with van der Waals surface area (Å²) >= 11 is 1.89. The molecule has 2 heterocycles. The minimum absolute atomic E-state index is 0.388. The lowest BCUT2D eigenvalue weighted by molar-refractivity contribution is 0.272. The predicted molar refractivity (Wildman–Crippen MR) is 90.1 cm³/mol. The topological polar surface area (TPSA) is 43.2 Å². The van der Waals surface area contributed by atoms with Gasteiger partial charge >= 0.3 is 0 Å². The van der Waals surface area contributed by atoms with Crippen LogP contribution in [0.15, 0.2) is 12.1 Å². The fourth-order valence-corrected chi connectivity index (χ4v) is 2.96. The van der Waals surface area contributed by atoms with Crippen LogP contribution in [0.3, 0.4) is 0 Å². The van der Waals surface area contributed by atoms with Crippen molar-refractivity contribution in [1.82, 2.24) is 9.88 Å². The Morgan fingerprint density at radius 1 is 1.29 bits per heavy atom. The van der Waals surface area contributed by atoms with Gasteiger partial charge in [-0.15, -0.1) is 0 Å². The second kappa shape index (κ2) is 7.67. The molecule has 1 aliphatic heterocycles. The van der Waals surface area contributed by atoms with E-state index in [2.05, 4.69) is 36.0 Å². The molecular weight excluding hydrogens is 280 g/mol. The van der Waals surface area contributed by atoms with E-state index in [0.29, 0.717) is 11.5 Å². The number of anilines is 1. The standard InChI is InChI=1S/C16H24N4S/c1-13(2)15-5-4-14(12-17)16(18-15)20-8-6-19(7-9-20)10-11-21-3/h4-5,13H,6-11H2,1-3H3. The predicted octanol–water partition coefficient (Wildman–Crippen LogP) is 2.56. The largest absolute Gasteiger partial charge is 0.353 e. The van der Waals surface area contributed by atoms with Crippen LogP contribution in [-0.4, -0.2) is 54.6 Å². The molecule has 2 rings (SSSR count). The van der Waals surface area contributed by atoms with E-state index in [4.69, 9.17) is 4.98 Å². The number of hydrogen-bond acceptors (Lipinski definition) is 5. The van der Waals surface area contributed by atoms with Crippen LogP contribution in [0.1, 0.15) is 31.0 Å². The molecule has 1 aliphatic rings. The highest BCUT2D eigenvalue weighted by Crippen LogP contribution is 2.22. The molecule has 0 atom stereocenters. The van der Waals surface area contributed by atoms with Crippen molar-refractivity contribution in [3.05, 3.63) is 23.4 Å². The Bertz CT molecular complexity index is 501. The lowest BCUT2D eigenvalue weighted by Crippen LogP contribution is -2.47. The summed E-state index contributed by atoms with van der Waals surface area (Å²) in [6, 6.07) is 6.17. The Morgan fingerprint density at radius 2 is 2.00 bits per heavy atom. The van der Waals surface area contributed by atoms with Gasteiger partial charge in [-0.25, -0.2) is 4.98 Å². The first-order valence-corrected chi connectivity index (χ1v) is 8.92. The van der Waals surface area contributed by atoms with Crippen LogP contribution in [0.25, 0.3) is 0 Å². The Morgan fingerprint density at radius 3 is 2.57 bits per heavy atom. The first-order chi connectivity index (χ1) is 10.2. The van der Waals surface area contributed by atoms with E-state index in [-0.39, 0.29) is 0 Å². The van der Waals surface area contributed by atoms with Gasteiger partial charge in [-0.05, 0) is 24.3 Å². The Kier molecular flexibility index (Phi) is 5.89. The highest BCUT2D eigenvalue weighted by Gasteiger charge is 2.20. The fourth-order valence-electron chi connectivity index (χ4n) is 2.52. The highest BCUT2D eigenvalue weighted by molar-refractivity contribution is 7.98. The molecule has 0 aromatic carbocycles. The summed E-state index contributed by atoms with van der Waals surface area (Å²) in [5.41, 5.74) is 1.76. The Labute approximate surface area is 132 Å². The number of piperazine rings is 1. The highest BCUT2D eigenvalue weighted by atomic mass is 32.2. The molecule has 1 fully saturated rings. The molecule has 0 amide bonds. The van der Waals surface area contributed by atoms with E-state index in [9.17, 15) is 5.26 Å². The molecule has 0 bridgehead atoms. The molecular formula is C16H24N4S. The van der Waals surface area contributed by atoms with Crippen molar-refractivity contribution >= 4 is 17.6 Å². The van der Waals surface area contributed by atoms with Gasteiger partial charge < -0.3 is 4.90 Å². The summed E-state index contributed by atoms with van der Waals surface area (Å²) in [5, 5.41) is 9.32. The van der Waals surface area contributed by atoms with Gasteiger partial charge in [-0.2, -0.15) is 17.0 Å². The van der Waals surface area contributed by atoms with E-state index in [0.717, 1.165) is 44.2 Å². The number of aromatic nitrogens is 1. The maximum Gasteiger partial charge on any atom is 0.146 e. The van der Waals surface area contributed by atoms with Crippen molar-refractivity contribution in [2.75, 3.05) is 49.6 Å². The second-order valence-electron chi connectivity index (χ2n) is 5.70. The monoisotopic (exact) mass is 304 g/mol. The van der Waals surface area contributed by atoms with Gasteiger partial charge in [0.2, 0.25) is 0 Å². The van der Waals surface area contributed by atoms with Crippen LogP contribution in [0, 0.1) is 11.3 Å². The molecule has 1 saturated heterocycles. The minimum Gasteiger partial charge on any atom is -0.353 e. The van der Waals surface area contributed by atoms with Crippen molar-refractivity contribution in [3.8, 4) is 6.07 Å². The summed E-state index contributed by atoms with van der Waals surface area (Å²) < 4.78 is 0. The molecule has 0 N–H and O–H groups in total. The van der Waals surface area contributed by atoms with Crippen LogP contribution in [0.4, 0.5) is 5.82 Å². The zero-order valence-electron chi connectivity index (χ0n) is 13.2. The summed E-state index contributed by atoms with van der Waals surface area (Å²) in [6.45, 7) is 9.45. The van der Waals surface area contributed by atoms with Crippen LogP contribution >= 0.6 is 11.8 Å². The van der Waals surface area contributed by atoms with E-state index in [1.165, 1.54) is 5.75 Å². The van der Waals surface area contributed by atoms with Gasteiger partial charge in [0.25, 0.3) is 0 Å². The number of rotatable bonds is 5. The van der Waals surface area contributed by atoms with Crippen LogP contribution < -0.4 is 4.90 Å². The van der Waals surface area contributed by atoms with Gasteiger partial charge in [-0.3, -0.25) is 4.90 Å². The lowest BCUT2D eigenvalue weighted by atomic mass is 10.1. The third kappa shape index (κ3) is 4.12. The molecule has 0 saturated carbocycles. The lowest BCUT2D eigenvalue weighted by Gasteiger charge is -2.35. The maximum atomic E-state index is 9.32. The van der Waals surface area contributed by atoms with Crippen molar-refractivity contribution in [3.63, 3.8) is 0 Å². The number of nitrogens with zero attached hydrogens (tertiary/aromatic N) is 4. The summed E-state index contributed by atoms with van der Waals surface area (Å²) in [4.78, 5) is 9.49. The zero-order chi connectivity index (χ0) is 15.2. The fraction of sp³-hybridized carbons (Fsp3) is 0.625. The zero-order valence-corrected chi connectivity index (χ0v) is 14.0. The molecule has 1 aromatic heterocycles. The van der Waals surface area contributed by atoms with E-state index >= 15 is 0 Å². The first kappa shape index (κ1) is 16.1. The number of nitriles is 1. The van der Waals surface area contributed by atoms with E-state index in [1.807, 2.05) is 23.9 Å². The molecule has 4 nitrogen and oxygen atoms in total. The summed E-state index contributed by atoms with van der Waals surface area (Å²) in [7, 11) is 0. The third-order valence-electron chi connectivity index (χ3n) is 3.89. The van der Waals surface area contributed by atoms with Gasteiger partial charge in [0.1, 0.15) is 11.9 Å².